The number of nitrogen functional groups attached to an aromatic ring is 1. The Bertz CT molecular complexity index is 307. The lowest BCUT2D eigenvalue weighted by Crippen LogP contribution is -2.19. The highest BCUT2D eigenvalue weighted by atomic mass is 79.9. The fourth-order valence-electron chi connectivity index (χ4n) is 0.830. The summed E-state index contributed by atoms with van der Waals surface area (Å²) >= 11 is 3.30. The first-order chi connectivity index (χ1) is 6.65. The maximum atomic E-state index is 5.59. The minimum Gasteiger partial charge on any atom is -0.383 e. The lowest BCUT2D eigenvalue weighted by atomic mass is 10.4. The third-order valence-corrected chi connectivity index (χ3v) is 2.56. The second kappa shape index (κ2) is 5.11. The summed E-state index contributed by atoms with van der Waals surface area (Å²) in [5.74, 6) is 1.11. The smallest absolute Gasteiger partial charge is 0.146 e. The van der Waals surface area contributed by atoms with Crippen molar-refractivity contribution in [2.24, 2.45) is 0 Å². The Hall–Kier alpha value is -0.880. The Morgan fingerprint density at radius 2 is 2.36 bits per heavy atom. The summed E-state index contributed by atoms with van der Waals surface area (Å²) in [4.78, 5) is 7.88. The topological polar surface area (TPSA) is 73.1 Å². The van der Waals surface area contributed by atoms with Crippen LogP contribution in [0, 0.1) is 0 Å². The molecule has 0 saturated carbocycles. The van der Waals surface area contributed by atoms with Crippen molar-refractivity contribution in [2.45, 2.75) is 13.0 Å². The van der Waals surface area contributed by atoms with Crippen LogP contribution in [-0.2, 0) is 4.74 Å². The van der Waals surface area contributed by atoms with Crippen LogP contribution < -0.4 is 11.1 Å². The number of hydrogen-bond acceptors (Lipinski definition) is 5. The first-order valence-electron chi connectivity index (χ1n) is 4.17. The van der Waals surface area contributed by atoms with Crippen LogP contribution in [0.3, 0.4) is 0 Å². The number of rotatable bonds is 4. The van der Waals surface area contributed by atoms with E-state index in [0.29, 0.717) is 22.7 Å². The average molecular weight is 261 g/mol. The second-order valence-electron chi connectivity index (χ2n) is 2.85. The van der Waals surface area contributed by atoms with Crippen LogP contribution in [0.4, 0.5) is 11.6 Å². The molecule has 0 fully saturated rings. The molecule has 1 unspecified atom stereocenters. The number of halogens is 1. The Labute approximate surface area is 91.2 Å². The Balaban J connectivity index is 2.63. The van der Waals surface area contributed by atoms with Gasteiger partial charge in [-0.15, -0.1) is 0 Å². The average Bonchev–Trinajstić information content (AvgIpc) is 2.20. The summed E-state index contributed by atoms with van der Waals surface area (Å²) in [7, 11) is 1.66. The lowest BCUT2D eigenvalue weighted by Gasteiger charge is -2.12. The molecule has 1 aromatic rings. The van der Waals surface area contributed by atoms with E-state index in [9.17, 15) is 0 Å². The normalized spacial score (nSPS) is 12.5. The maximum absolute atomic E-state index is 5.59. The van der Waals surface area contributed by atoms with Gasteiger partial charge >= 0.3 is 0 Å². The molecular formula is C8H13BrN4O. The van der Waals surface area contributed by atoms with E-state index < -0.39 is 0 Å². The van der Waals surface area contributed by atoms with E-state index in [2.05, 4.69) is 31.2 Å². The van der Waals surface area contributed by atoms with Crippen molar-refractivity contribution in [2.75, 3.05) is 24.7 Å². The van der Waals surface area contributed by atoms with Crippen LogP contribution in [-0.4, -0.2) is 29.7 Å². The Morgan fingerprint density at radius 3 is 3.00 bits per heavy atom. The first kappa shape index (κ1) is 11.2. The molecule has 0 spiro atoms. The molecule has 0 aliphatic rings. The van der Waals surface area contributed by atoms with Crippen molar-refractivity contribution in [1.29, 1.82) is 0 Å². The summed E-state index contributed by atoms with van der Waals surface area (Å²) in [5.41, 5.74) is 5.59. The quantitative estimate of drug-likeness (QED) is 0.853. The predicted molar refractivity (Wildman–Crippen MR) is 59.1 cm³/mol. The molecule has 5 nitrogen and oxygen atoms in total. The molecule has 0 aromatic carbocycles. The molecule has 1 aromatic heterocycles. The van der Waals surface area contributed by atoms with Crippen molar-refractivity contribution in [1.82, 2.24) is 9.97 Å². The highest BCUT2D eigenvalue weighted by molar-refractivity contribution is 9.10. The van der Waals surface area contributed by atoms with E-state index in [0.717, 1.165) is 0 Å². The van der Waals surface area contributed by atoms with Crippen LogP contribution in [0.1, 0.15) is 6.92 Å². The highest BCUT2D eigenvalue weighted by Crippen LogP contribution is 2.23. The number of anilines is 2. The number of nitrogens with one attached hydrogen (secondary N) is 1. The fourth-order valence-corrected chi connectivity index (χ4v) is 1.18. The minimum atomic E-state index is 0.123. The van der Waals surface area contributed by atoms with E-state index in [1.807, 2.05) is 6.92 Å². The van der Waals surface area contributed by atoms with Crippen LogP contribution in [0.5, 0.6) is 0 Å². The molecule has 3 N–H and O–H groups in total. The predicted octanol–water partition coefficient (Wildman–Crippen LogP) is 1.27. The molecule has 0 aliphatic heterocycles. The number of aromatic nitrogens is 2. The molecule has 0 amide bonds. The van der Waals surface area contributed by atoms with E-state index in [-0.39, 0.29) is 6.10 Å². The molecule has 6 heteroatoms. The zero-order valence-corrected chi connectivity index (χ0v) is 9.71. The molecule has 1 heterocycles. The number of methoxy groups -OCH3 is 1. The summed E-state index contributed by atoms with van der Waals surface area (Å²) in [5, 5.41) is 3.10. The van der Waals surface area contributed by atoms with Gasteiger partial charge < -0.3 is 15.8 Å². The Morgan fingerprint density at radius 1 is 1.64 bits per heavy atom. The van der Waals surface area contributed by atoms with Gasteiger partial charge in [0, 0.05) is 13.7 Å². The molecule has 1 rings (SSSR count). The fraction of sp³-hybridized carbons (Fsp3) is 0.500. The van der Waals surface area contributed by atoms with Gasteiger partial charge in [0.2, 0.25) is 0 Å². The van der Waals surface area contributed by atoms with E-state index in [1.54, 1.807) is 7.11 Å². The van der Waals surface area contributed by atoms with Gasteiger partial charge in [0.1, 0.15) is 22.4 Å². The molecule has 0 bridgehead atoms. The molecule has 14 heavy (non-hydrogen) atoms. The van der Waals surface area contributed by atoms with Gasteiger partial charge in [-0.3, -0.25) is 0 Å². The van der Waals surface area contributed by atoms with E-state index in [1.165, 1.54) is 6.33 Å². The first-order valence-corrected chi connectivity index (χ1v) is 4.97. The van der Waals surface area contributed by atoms with Gasteiger partial charge in [-0.05, 0) is 22.9 Å². The van der Waals surface area contributed by atoms with Gasteiger partial charge in [-0.25, -0.2) is 9.97 Å². The molecule has 0 saturated heterocycles. The summed E-state index contributed by atoms with van der Waals surface area (Å²) in [6.07, 6.45) is 1.54. The van der Waals surface area contributed by atoms with Gasteiger partial charge in [0.15, 0.2) is 0 Å². The summed E-state index contributed by atoms with van der Waals surface area (Å²) in [6, 6.07) is 0. The lowest BCUT2D eigenvalue weighted by molar-refractivity contribution is 0.128. The molecular weight excluding hydrogens is 248 g/mol. The Kier molecular flexibility index (Phi) is 4.09. The van der Waals surface area contributed by atoms with Crippen LogP contribution in [0.2, 0.25) is 0 Å². The molecule has 1 atom stereocenters. The van der Waals surface area contributed by atoms with Crippen molar-refractivity contribution in [3.8, 4) is 0 Å². The second-order valence-corrected chi connectivity index (χ2v) is 3.64. The maximum Gasteiger partial charge on any atom is 0.146 e. The molecule has 78 valence electrons. The van der Waals surface area contributed by atoms with E-state index >= 15 is 0 Å². The van der Waals surface area contributed by atoms with Gasteiger partial charge in [-0.1, -0.05) is 0 Å². The van der Waals surface area contributed by atoms with Crippen molar-refractivity contribution < 1.29 is 4.74 Å². The number of nitrogens with two attached hydrogens (primary N) is 1. The highest BCUT2D eigenvalue weighted by Gasteiger charge is 2.06. The van der Waals surface area contributed by atoms with Crippen molar-refractivity contribution in [3.63, 3.8) is 0 Å². The van der Waals surface area contributed by atoms with Crippen molar-refractivity contribution >= 4 is 27.6 Å². The third-order valence-electron chi connectivity index (χ3n) is 1.78. The molecule has 0 radical (unpaired) electrons. The van der Waals surface area contributed by atoms with Gasteiger partial charge in [-0.2, -0.15) is 0 Å². The minimum absolute atomic E-state index is 0.123. The zero-order chi connectivity index (χ0) is 10.6. The monoisotopic (exact) mass is 260 g/mol. The number of hydrogen-bond donors (Lipinski definition) is 2. The van der Waals surface area contributed by atoms with Crippen LogP contribution in [0.25, 0.3) is 0 Å². The zero-order valence-electron chi connectivity index (χ0n) is 8.12. The summed E-state index contributed by atoms with van der Waals surface area (Å²) < 4.78 is 5.77. The van der Waals surface area contributed by atoms with Crippen LogP contribution in [0.15, 0.2) is 10.8 Å². The van der Waals surface area contributed by atoms with E-state index in [4.69, 9.17) is 10.5 Å². The third kappa shape index (κ3) is 2.81. The summed E-state index contributed by atoms with van der Waals surface area (Å²) in [6.45, 7) is 2.64. The SMILES string of the molecule is COC(C)CNc1ncnc(N)c1Br. The van der Waals surface area contributed by atoms with Gasteiger partial charge in [0.25, 0.3) is 0 Å². The van der Waals surface area contributed by atoms with Gasteiger partial charge in [0.05, 0.1) is 6.10 Å². The molecule has 0 aliphatic carbocycles. The number of nitrogens with zero attached hydrogens (tertiary/aromatic N) is 2. The van der Waals surface area contributed by atoms with Crippen molar-refractivity contribution in [3.05, 3.63) is 10.8 Å². The number of ether oxygens (including phenoxy) is 1. The van der Waals surface area contributed by atoms with Crippen LogP contribution >= 0.6 is 15.9 Å². The standard InChI is InChI=1S/C8H13BrN4O/c1-5(14-2)3-11-8-6(9)7(10)12-4-13-8/h4-5H,3H2,1-2H3,(H3,10,11,12,13). The largest absolute Gasteiger partial charge is 0.383 e.